The molecule has 0 bridgehead atoms. The van der Waals surface area contributed by atoms with E-state index in [1.807, 2.05) is 0 Å². The van der Waals surface area contributed by atoms with Gasteiger partial charge in [-0.2, -0.15) is 0 Å². The summed E-state index contributed by atoms with van der Waals surface area (Å²) in [6, 6.07) is 9.85. The Kier molecular flexibility index (Phi) is 4.40. The van der Waals surface area contributed by atoms with Crippen LogP contribution >= 0.6 is 11.6 Å². The molecule has 1 aliphatic rings. The quantitative estimate of drug-likeness (QED) is 0.862. The number of amides is 2. The van der Waals surface area contributed by atoms with E-state index < -0.39 is 23.7 Å². The average molecular weight is 349 g/mol. The summed E-state index contributed by atoms with van der Waals surface area (Å²) in [5, 5.41) is 3.34. The third-order valence-corrected chi connectivity index (χ3v) is 4.03. The Balaban J connectivity index is 1.82. The second kappa shape index (κ2) is 6.49. The van der Waals surface area contributed by atoms with Gasteiger partial charge < -0.3 is 10.1 Å². The fourth-order valence-corrected chi connectivity index (χ4v) is 2.85. The highest BCUT2D eigenvalue weighted by Gasteiger charge is 2.40. The van der Waals surface area contributed by atoms with Gasteiger partial charge in [-0.3, -0.25) is 9.59 Å². The molecule has 0 spiro atoms. The Morgan fingerprint density at radius 2 is 2.00 bits per heavy atom. The molecule has 124 valence electrons. The highest BCUT2D eigenvalue weighted by molar-refractivity contribution is 6.32. The minimum absolute atomic E-state index is 0.0374. The molecule has 0 aromatic heterocycles. The first kappa shape index (κ1) is 16.3. The molecule has 2 amide bonds. The van der Waals surface area contributed by atoms with Crippen LogP contribution in [0, 0.1) is 5.82 Å². The van der Waals surface area contributed by atoms with Crippen molar-refractivity contribution in [3.63, 3.8) is 0 Å². The normalized spacial score (nSPS) is 17.3. The van der Waals surface area contributed by atoms with Crippen LogP contribution in [0.15, 0.2) is 42.5 Å². The molecule has 1 aliphatic heterocycles. The maximum Gasteiger partial charge on any atom is 0.256 e. The van der Waals surface area contributed by atoms with E-state index in [4.69, 9.17) is 16.3 Å². The van der Waals surface area contributed by atoms with E-state index >= 15 is 0 Å². The third-order valence-electron chi connectivity index (χ3n) is 3.73. The molecule has 2 aromatic carbocycles. The number of carbonyl (C=O) groups is 2. The van der Waals surface area contributed by atoms with Crippen molar-refractivity contribution in [2.75, 3.05) is 17.3 Å². The largest absolute Gasteiger partial charge is 0.495 e. The molecule has 5 nitrogen and oxygen atoms in total. The Hall–Kier alpha value is -2.60. The smallest absolute Gasteiger partial charge is 0.256 e. The Morgan fingerprint density at radius 3 is 2.67 bits per heavy atom. The molecular weight excluding hydrogens is 335 g/mol. The summed E-state index contributed by atoms with van der Waals surface area (Å²) in [4.78, 5) is 25.5. The van der Waals surface area contributed by atoms with Crippen LogP contribution in [-0.4, -0.2) is 25.0 Å². The van der Waals surface area contributed by atoms with Crippen molar-refractivity contribution >= 4 is 34.8 Å². The Bertz CT molecular complexity index is 812. The summed E-state index contributed by atoms with van der Waals surface area (Å²) in [6.07, 6.45) is -0.0587. The zero-order valence-electron chi connectivity index (χ0n) is 12.8. The van der Waals surface area contributed by atoms with Crippen LogP contribution in [0.4, 0.5) is 15.8 Å². The van der Waals surface area contributed by atoms with Gasteiger partial charge in [0.05, 0.1) is 24.2 Å². The predicted octanol–water partition coefficient (Wildman–Crippen LogP) is 3.23. The predicted molar refractivity (Wildman–Crippen MR) is 88.9 cm³/mol. The van der Waals surface area contributed by atoms with Gasteiger partial charge in [-0.15, -0.1) is 0 Å². The number of hydrogen-bond acceptors (Lipinski definition) is 4. The topological polar surface area (TPSA) is 58.6 Å². The van der Waals surface area contributed by atoms with Crippen LogP contribution in [0.25, 0.3) is 0 Å². The number of nitrogens with one attached hydrogen (secondary N) is 1. The maximum absolute atomic E-state index is 13.9. The molecule has 0 aliphatic carbocycles. The minimum Gasteiger partial charge on any atom is -0.495 e. The fraction of sp³-hybridized carbons (Fsp3) is 0.176. The molecule has 1 N–H and O–H groups in total. The summed E-state index contributed by atoms with van der Waals surface area (Å²) >= 11 is 6.05. The van der Waals surface area contributed by atoms with Gasteiger partial charge in [-0.1, -0.05) is 23.7 Å². The van der Waals surface area contributed by atoms with Gasteiger partial charge in [0.25, 0.3) is 5.91 Å². The number of para-hydroxylation sites is 1. The SMILES string of the molecule is COc1ccc(N[C@@H]2CC(=O)N(c3ccccc3F)C2=O)cc1Cl. The number of carbonyl (C=O) groups excluding carboxylic acids is 2. The lowest BCUT2D eigenvalue weighted by atomic mass is 10.2. The van der Waals surface area contributed by atoms with Crippen LogP contribution in [0.1, 0.15) is 6.42 Å². The highest BCUT2D eigenvalue weighted by atomic mass is 35.5. The summed E-state index contributed by atoms with van der Waals surface area (Å²) in [7, 11) is 1.50. The lowest BCUT2D eigenvalue weighted by molar-refractivity contribution is -0.121. The van der Waals surface area contributed by atoms with Gasteiger partial charge in [0, 0.05) is 5.69 Å². The number of benzene rings is 2. The molecular formula is C17H14ClFN2O3. The molecule has 0 radical (unpaired) electrons. The minimum atomic E-state index is -0.776. The van der Waals surface area contributed by atoms with Crippen molar-refractivity contribution in [2.45, 2.75) is 12.5 Å². The van der Waals surface area contributed by atoms with E-state index in [1.54, 1.807) is 24.3 Å². The number of rotatable bonds is 4. The van der Waals surface area contributed by atoms with Crippen molar-refractivity contribution in [2.24, 2.45) is 0 Å². The molecule has 2 aromatic rings. The molecule has 1 atom stereocenters. The van der Waals surface area contributed by atoms with Crippen LogP contribution in [0.5, 0.6) is 5.75 Å². The monoisotopic (exact) mass is 348 g/mol. The molecule has 0 unspecified atom stereocenters. The lowest BCUT2D eigenvalue weighted by Gasteiger charge is -2.17. The number of hydrogen-bond donors (Lipinski definition) is 1. The van der Waals surface area contributed by atoms with Crippen LogP contribution in [0.2, 0.25) is 5.02 Å². The molecule has 0 saturated carbocycles. The standard InChI is InChI=1S/C17H14ClFN2O3/c1-24-15-7-6-10(8-11(15)18)20-13-9-16(22)21(17(13)23)14-5-3-2-4-12(14)19/h2-8,13,20H,9H2,1H3/t13-/m1/s1. The van der Waals surface area contributed by atoms with Gasteiger partial charge in [-0.05, 0) is 30.3 Å². The van der Waals surface area contributed by atoms with Gasteiger partial charge >= 0.3 is 0 Å². The van der Waals surface area contributed by atoms with Gasteiger partial charge in [0.15, 0.2) is 0 Å². The van der Waals surface area contributed by atoms with Gasteiger partial charge in [0.1, 0.15) is 17.6 Å². The van der Waals surface area contributed by atoms with E-state index in [0.717, 1.165) is 4.90 Å². The maximum atomic E-state index is 13.9. The number of halogens is 2. The number of nitrogens with zero attached hydrogens (tertiary/aromatic N) is 1. The molecule has 1 heterocycles. The summed E-state index contributed by atoms with van der Waals surface area (Å²) in [5.41, 5.74) is 0.534. The summed E-state index contributed by atoms with van der Waals surface area (Å²) in [6.45, 7) is 0. The van der Waals surface area contributed by atoms with Crippen LogP contribution in [0.3, 0.4) is 0 Å². The fourth-order valence-electron chi connectivity index (χ4n) is 2.59. The zero-order chi connectivity index (χ0) is 17.3. The molecule has 3 rings (SSSR count). The second-order valence-corrected chi connectivity index (χ2v) is 5.68. The van der Waals surface area contributed by atoms with Crippen molar-refractivity contribution in [3.05, 3.63) is 53.3 Å². The van der Waals surface area contributed by atoms with Crippen LogP contribution in [-0.2, 0) is 9.59 Å². The van der Waals surface area contributed by atoms with E-state index in [0.29, 0.717) is 16.5 Å². The third kappa shape index (κ3) is 2.92. The van der Waals surface area contributed by atoms with E-state index in [-0.39, 0.29) is 12.1 Å². The number of ether oxygens (including phenoxy) is 1. The summed E-state index contributed by atoms with van der Waals surface area (Å²) < 4.78 is 18.9. The van der Waals surface area contributed by atoms with Crippen molar-refractivity contribution in [1.29, 1.82) is 0 Å². The highest BCUT2D eigenvalue weighted by Crippen LogP contribution is 2.30. The summed E-state index contributed by atoms with van der Waals surface area (Å²) in [5.74, 6) is -1.07. The molecule has 24 heavy (non-hydrogen) atoms. The first-order valence-electron chi connectivity index (χ1n) is 7.22. The first-order chi connectivity index (χ1) is 11.5. The molecule has 1 saturated heterocycles. The van der Waals surface area contributed by atoms with Gasteiger partial charge in [0.2, 0.25) is 5.91 Å². The van der Waals surface area contributed by atoms with Gasteiger partial charge in [-0.25, -0.2) is 9.29 Å². The lowest BCUT2D eigenvalue weighted by Crippen LogP contribution is -2.35. The van der Waals surface area contributed by atoms with Crippen molar-refractivity contribution in [1.82, 2.24) is 0 Å². The Labute approximate surface area is 143 Å². The average Bonchev–Trinajstić information content (AvgIpc) is 2.82. The Morgan fingerprint density at radius 1 is 1.25 bits per heavy atom. The zero-order valence-corrected chi connectivity index (χ0v) is 13.5. The van der Waals surface area contributed by atoms with Crippen LogP contribution < -0.4 is 15.0 Å². The van der Waals surface area contributed by atoms with Crippen molar-refractivity contribution < 1.29 is 18.7 Å². The van der Waals surface area contributed by atoms with E-state index in [9.17, 15) is 14.0 Å². The van der Waals surface area contributed by atoms with E-state index in [1.165, 1.54) is 25.3 Å². The number of imide groups is 1. The number of anilines is 2. The molecule has 7 heteroatoms. The first-order valence-corrected chi connectivity index (χ1v) is 7.60. The van der Waals surface area contributed by atoms with Crippen molar-refractivity contribution in [3.8, 4) is 5.75 Å². The molecule has 1 fully saturated rings. The second-order valence-electron chi connectivity index (χ2n) is 5.27. The van der Waals surface area contributed by atoms with E-state index in [2.05, 4.69) is 5.32 Å². The number of methoxy groups -OCH3 is 1.